The van der Waals surface area contributed by atoms with Crippen LogP contribution in [-0.4, -0.2) is 117 Å². The number of carbonyl (C=O) groups excluding carboxylic acids is 3. The van der Waals surface area contributed by atoms with Crippen molar-refractivity contribution in [3.05, 3.63) is 0 Å². The molecule has 2 fully saturated rings. The van der Waals surface area contributed by atoms with Crippen LogP contribution in [0.1, 0.15) is 13.3 Å². The van der Waals surface area contributed by atoms with Gasteiger partial charge in [0, 0.05) is 85.3 Å². The molecule has 0 unspecified atom stereocenters. The summed E-state index contributed by atoms with van der Waals surface area (Å²) in [5, 5.41) is 2.96. The molecule has 26 heavy (non-hydrogen) atoms. The van der Waals surface area contributed by atoms with Crippen LogP contribution in [0.3, 0.4) is 0 Å². The molecule has 1 N–H and O–H groups in total. The van der Waals surface area contributed by atoms with Gasteiger partial charge in [-0.25, -0.2) is 4.79 Å². The normalized spacial score (nSPS) is 19.3. The second kappa shape index (κ2) is 10.3. The summed E-state index contributed by atoms with van der Waals surface area (Å²) >= 11 is 0. The number of nitrogens with zero attached hydrogens (tertiary/aromatic N) is 4. The second-order valence-electron chi connectivity index (χ2n) is 6.75. The molecule has 9 nitrogen and oxygen atoms in total. The summed E-state index contributed by atoms with van der Waals surface area (Å²) in [6, 6.07) is 0. The highest BCUT2D eigenvalue weighted by atomic mass is 16.5. The molecule has 0 aromatic heterocycles. The highest BCUT2D eigenvalue weighted by Gasteiger charge is 2.21. The first kappa shape index (κ1) is 20.4. The zero-order valence-corrected chi connectivity index (χ0v) is 15.9. The summed E-state index contributed by atoms with van der Waals surface area (Å²) < 4.78 is 4.72. The number of carbonyl (C=O) groups is 3. The molecule has 0 aromatic rings. The van der Waals surface area contributed by atoms with E-state index in [0.717, 1.165) is 52.4 Å². The molecule has 3 amide bonds. The quantitative estimate of drug-likeness (QED) is 0.649. The first-order valence-corrected chi connectivity index (χ1v) is 9.29. The molecule has 0 bridgehead atoms. The third kappa shape index (κ3) is 6.45. The maximum atomic E-state index is 12.0. The molecule has 2 saturated heterocycles. The Hall–Kier alpha value is -1.87. The van der Waals surface area contributed by atoms with Crippen LogP contribution in [0.4, 0.5) is 4.79 Å². The van der Waals surface area contributed by atoms with Gasteiger partial charge in [-0.1, -0.05) is 0 Å². The molecule has 0 saturated carbocycles. The Bertz CT molecular complexity index is 486. The molecule has 0 radical (unpaired) electrons. The van der Waals surface area contributed by atoms with Crippen molar-refractivity contribution in [3.8, 4) is 0 Å². The molecule has 0 aliphatic carbocycles. The fourth-order valence-electron chi connectivity index (χ4n) is 3.27. The van der Waals surface area contributed by atoms with E-state index in [2.05, 4.69) is 15.1 Å². The van der Waals surface area contributed by atoms with Crippen LogP contribution in [0.25, 0.3) is 0 Å². The van der Waals surface area contributed by atoms with Crippen LogP contribution in [0.5, 0.6) is 0 Å². The first-order valence-electron chi connectivity index (χ1n) is 9.29. The average Bonchev–Trinajstić information content (AvgIpc) is 2.66. The zero-order valence-electron chi connectivity index (χ0n) is 15.9. The van der Waals surface area contributed by atoms with E-state index in [1.165, 1.54) is 7.11 Å². The fraction of sp³-hybridized carbons (Fsp3) is 0.824. The molecule has 2 aliphatic rings. The lowest BCUT2D eigenvalue weighted by molar-refractivity contribution is -0.131. The lowest BCUT2D eigenvalue weighted by atomic mass is 10.2. The van der Waals surface area contributed by atoms with Crippen molar-refractivity contribution in [2.45, 2.75) is 13.3 Å². The van der Waals surface area contributed by atoms with Crippen molar-refractivity contribution in [3.63, 3.8) is 0 Å². The molecule has 2 rings (SSSR count). The number of rotatable bonds is 6. The molecule has 0 aromatic carbocycles. The van der Waals surface area contributed by atoms with E-state index in [-0.39, 0.29) is 17.9 Å². The monoisotopic (exact) mass is 369 g/mol. The van der Waals surface area contributed by atoms with Gasteiger partial charge in [-0.05, 0) is 0 Å². The van der Waals surface area contributed by atoms with Gasteiger partial charge >= 0.3 is 6.09 Å². The van der Waals surface area contributed by atoms with Gasteiger partial charge in [0.2, 0.25) is 11.8 Å². The standard InChI is InChI=1S/C17H31N5O4/c1-15(23)21-11-7-19(8-12-21)5-3-16(24)18-4-6-20-9-13-22(14-10-20)17(25)26-2/h3-14H2,1-2H3,(H,18,24). The minimum Gasteiger partial charge on any atom is -0.453 e. The van der Waals surface area contributed by atoms with Crippen LogP contribution >= 0.6 is 0 Å². The van der Waals surface area contributed by atoms with Gasteiger partial charge < -0.3 is 19.9 Å². The number of nitrogens with one attached hydrogen (secondary N) is 1. The first-order chi connectivity index (χ1) is 12.5. The number of amides is 3. The largest absolute Gasteiger partial charge is 0.453 e. The Kier molecular flexibility index (Phi) is 8.11. The third-order valence-corrected chi connectivity index (χ3v) is 5.03. The van der Waals surface area contributed by atoms with Gasteiger partial charge in [-0.2, -0.15) is 0 Å². The number of ether oxygens (including phenoxy) is 1. The summed E-state index contributed by atoms with van der Waals surface area (Å²) in [4.78, 5) is 42.7. The summed E-state index contributed by atoms with van der Waals surface area (Å²) in [6.45, 7) is 9.80. The van der Waals surface area contributed by atoms with Crippen molar-refractivity contribution >= 4 is 17.9 Å². The molecule has 2 aliphatic heterocycles. The minimum atomic E-state index is -0.276. The zero-order chi connectivity index (χ0) is 18.9. The third-order valence-electron chi connectivity index (χ3n) is 5.03. The van der Waals surface area contributed by atoms with E-state index >= 15 is 0 Å². The maximum Gasteiger partial charge on any atom is 0.409 e. The molecule has 148 valence electrons. The van der Waals surface area contributed by atoms with E-state index in [1.807, 2.05) is 4.90 Å². The summed E-state index contributed by atoms with van der Waals surface area (Å²) in [5.74, 6) is 0.182. The van der Waals surface area contributed by atoms with E-state index in [1.54, 1.807) is 11.8 Å². The van der Waals surface area contributed by atoms with Crippen molar-refractivity contribution in [1.29, 1.82) is 0 Å². The minimum absolute atomic E-state index is 0.0622. The van der Waals surface area contributed by atoms with Gasteiger partial charge in [0.15, 0.2) is 0 Å². The molecule has 0 atom stereocenters. The molecular weight excluding hydrogens is 338 g/mol. The lowest BCUT2D eigenvalue weighted by Crippen LogP contribution is -2.50. The maximum absolute atomic E-state index is 12.0. The second-order valence-corrected chi connectivity index (χ2v) is 6.75. The van der Waals surface area contributed by atoms with Crippen LogP contribution < -0.4 is 5.32 Å². The van der Waals surface area contributed by atoms with E-state index in [0.29, 0.717) is 26.1 Å². The number of piperazine rings is 2. The SMILES string of the molecule is COC(=O)N1CCN(CCNC(=O)CCN2CCN(C(C)=O)CC2)CC1. The van der Waals surface area contributed by atoms with Crippen LogP contribution in [0.2, 0.25) is 0 Å². The highest BCUT2D eigenvalue weighted by Crippen LogP contribution is 2.04. The van der Waals surface area contributed by atoms with E-state index < -0.39 is 0 Å². The highest BCUT2D eigenvalue weighted by molar-refractivity contribution is 5.76. The number of hydrogen-bond donors (Lipinski definition) is 1. The van der Waals surface area contributed by atoms with Crippen LogP contribution in [-0.2, 0) is 14.3 Å². The number of methoxy groups -OCH3 is 1. The van der Waals surface area contributed by atoms with Gasteiger partial charge in [0.1, 0.15) is 0 Å². The summed E-state index contributed by atoms with van der Waals surface area (Å²) in [7, 11) is 1.40. The van der Waals surface area contributed by atoms with Crippen molar-refractivity contribution in [2.24, 2.45) is 0 Å². The Morgan fingerprint density at radius 2 is 1.38 bits per heavy atom. The predicted octanol–water partition coefficient (Wildman–Crippen LogP) is -0.959. The summed E-state index contributed by atoms with van der Waals surface area (Å²) in [6.07, 6.45) is 0.206. The fourth-order valence-corrected chi connectivity index (χ4v) is 3.27. The van der Waals surface area contributed by atoms with Gasteiger partial charge in [0.05, 0.1) is 7.11 Å². The Morgan fingerprint density at radius 3 is 1.92 bits per heavy atom. The lowest BCUT2D eigenvalue weighted by Gasteiger charge is -2.34. The Balaban J connectivity index is 1.52. The Labute approximate surface area is 155 Å². The van der Waals surface area contributed by atoms with Crippen molar-refractivity contribution in [1.82, 2.24) is 24.9 Å². The van der Waals surface area contributed by atoms with Gasteiger partial charge in [0.25, 0.3) is 0 Å². The van der Waals surface area contributed by atoms with Crippen LogP contribution in [0, 0.1) is 0 Å². The smallest absolute Gasteiger partial charge is 0.409 e. The van der Waals surface area contributed by atoms with Gasteiger partial charge in [-0.15, -0.1) is 0 Å². The molecule has 2 heterocycles. The molecular formula is C17H31N5O4. The van der Waals surface area contributed by atoms with Crippen LogP contribution in [0.15, 0.2) is 0 Å². The van der Waals surface area contributed by atoms with E-state index in [4.69, 9.17) is 4.74 Å². The topological polar surface area (TPSA) is 85.4 Å². The van der Waals surface area contributed by atoms with E-state index in [9.17, 15) is 14.4 Å². The van der Waals surface area contributed by atoms with Crippen molar-refractivity contribution < 1.29 is 19.1 Å². The average molecular weight is 369 g/mol. The molecule has 9 heteroatoms. The molecule has 0 spiro atoms. The summed E-state index contributed by atoms with van der Waals surface area (Å²) in [5.41, 5.74) is 0. The Morgan fingerprint density at radius 1 is 0.846 bits per heavy atom. The number of hydrogen-bond acceptors (Lipinski definition) is 6. The predicted molar refractivity (Wildman–Crippen MR) is 96.7 cm³/mol. The van der Waals surface area contributed by atoms with Gasteiger partial charge in [-0.3, -0.25) is 19.4 Å². The van der Waals surface area contributed by atoms with Crippen molar-refractivity contribution in [2.75, 3.05) is 79.1 Å².